The second-order valence-corrected chi connectivity index (χ2v) is 32.5. The van der Waals surface area contributed by atoms with Crippen LogP contribution in [0.1, 0.15) is 254 Å². The molecule has 8 aliphatic carbocycles. The summed E-state index contributed by atoms with van der Waals surface area (Å²) < 4.78 is 24.9. The van der Waals surface area contributed by atoms with E-state index in [9.17, 15) is 19.2 Å². The Bertz CT molecular complexity index is 3290. The van der Waals surface area contributed by atoms with Crippen LogP contribution in [0.4, 0.5) is 20.2 Å². The molecule has 2 aromatic heterocycles. The predicted octanol–water partition coefficient (Wildman–Crippen LogP) is 17.2. The molecule has 0 radical (unpaired) electrons. The fraction of sp³-hybridized carbons (Fsp3) is 0.667. The van der Waals surface area contributed by atoms with Gasteiger partial charge in [0, 0.05) is 55.7 Å². The average molecular weight is 1480 g/mol. The monoisotopic (exact) mass is 1480 g/mol. The van der Waals surface area contributed by atoms with Crippen molar-refractivity contribution in [2.24, 2.45) is 32.8 Å². The number of fused-ring (bicyclic) bond motifs is 1. The number of hydrogen-bond acceptors (Lipinski definition) is 14. The Balaban J connectivity index is 0.000000127. The number of nitrogens with two attached hydrogens (primary N) is 1. The lowest BCUT2D eigenvalue weighted by Gasteiger charge is -2.43. The Morgan fingerprint density at radius 2 is 0.950 bits per heavy atom. The van der Waals surface area contributed by atoms with Crippen molar-refractivity contribution in [3.8, 4) is 0 Å². The van der Waals surface area contributed by atoms with Crippen molar-refractivity contribution in [1.82, 2.24) is 41.0 Å². The summed E-state index contributed by atoms with van der Waals surface area (Å²) >= 11 is 2.23. The average Bonchev–Trinajstić information content (AvgIpc) is 1.58. The quantitative estimate of drug-likeness (QED) is 0.0613. The van der Waals surface area contributed by atoms with Crippen LogP contribution in [0.25, 0.3) is 11.2 Å². The minimum Gasteiger partial charge on any atom is -0.445 e. The Kier molecular flexibility index (Phi) is 26.2. The second-order valence-electron chi connectivity index (χ2n) is 31.5. The molecule has 3 saturated heterocycles. The highest BCUT2D eigenvalue weighted by molar-refractivity contribution is 14.1. The van der Waals surface area contributed by atoms with Crippen LogP contribution in [0.15, 0.2) is 97.2 Å². The topological polar surface area (TPSA) is 226 Å². The molecule has 3 aromatic carbocycles. The third-order valence-electron chi connectivity index (χ3n) is 25.6. The van der Waals surface area contributed by atoms with Gasteiger partial charge in [0.15, 0.2) is 15.6 Å². The smallest absolute Gasteiger partial charge is 0.407 e. The largest absolute Gasteiger partial charge is 0.445 e. The first-order valence-corrected chi connectivity index (χ1v) is 40.1. The van der Waals surface area contributed by atoms with E-state index >= 15 is 0 Å². The van der Waals surface area contributed by atoms with Crippen LogP contribution in [-0.4, -0.2) is 101 Å². The van der Waals surface area contributed by atoms with Crippen LogP contribution < -0.4 is 31.9 Å². The summed E-state index contributed by atoms with van der Waals surface area (Å²) in [5.74, 6) is 1.47. The van der Waals surface area contributed by atoms with Crippen LogP contribution in [0.3, 0.4) is 0 Å². The van der Waals surface area contributed by atoms with Gasteiger partial charge in [0.2, 0.25) is 0 Å². The zero-order valence-corrected chi connectivity index (χ0v) is 61.9. The summed E-state index contributed by atoms with van der Waals surface area (Å²) in [6, 6.07) is 30.8. The summed E-state index contributed by atoms with van der Waals surface area (Å²) in [5.41, 5.74) is 12.4. The number of Topliss-reactive ketones (excluding diaryl/α,β-unsaturated/α-hetero) is 1. The van der Waals surface area contributed by atoms with E-state index in [-0.39, 0.29) is 47.4 Å². The lowest BCUT2D eigenvalue weighted by molar-refractivity contribution is -0.127. The number of anilines is 1. The van der Waals surface area contributed by atoms with Crippen LogP contribution >= 0.6 is 22.6 Å². The number of carbonyl (C=O) groups is 4. The number of piperidine rings is 2. The van der Waals surface area contributed by atoms with Crippen LogP contribution in [-0.2, 0) is 43.6 Å². The summed E-state index contributed by atoms with van der Waals surface area (Å²) in [4.78, 5) is 60.3. The Morgan fingerprint density at radius 3 is 1.40 bits per heavy atom. The maximum Gasteiger partial charge on any atom is 0.407 e. The molecular formula is C81H115IN10O8. The molecule has 5 unspecified atom stereocenters. The molecule has 100 heavy (non-hydrogen) atoms. The highest BCUT2D eigenvalue weighted by Crippen LogP contribution is 2.52. The Hall–Kier alpha value is -5.90. The van der Waals surface area contributed by atoms with E-state index in [0.717, 1.165) is 147 Å². The third kappa shape index (κ3) is 18.7. The van der Waals surface area contributed by atoms with Gasteiger partial charge in [-0.1, -0.05) is 174 Å². The van der Waals surface area contributed by atoms with Gasteiger partial charge in [-0.15, -0.1) is 0 Å². The number of nitrogens with one attached hydrogen (secondary N) is 4. The highest BCUT2D eigenvalue weighted by atomic mass is 127. The fourth-order valence-corrected chi connectivity index (χ4v) is 20.3. The predicted molar refractivity (Wildman–Crippen MR) is 400 cm³/mol. The van der Waals surface area contributed by atoms with Crippen molar-refractivity contribution in [3.63, 3.8) is 0 Å². The molecule has 11 aliphatic rings. The van der Waals surface area contributed by atoms with E-state index in [1.165, 1.54) is 154 Å². The van der Waals surface area contributed by atoms with E-state index in [4.69, 9.17) is 34.6 Å². The van der Waals surface area contributed by atoms with Crippen LogP contribution in [0.5, 0.6) is 0 Å². The van der Waals surface area contributed by atoms with E-state index < -0.39 is 0 Å². The fourth-order valence-electron chi connectivity index (χ4n) is 19.7. The van der Waals surface area contributed by atoms with Gasteiger partial charge in [0.1, 0.15) is 36.9 Å². The number of halogens is 1. The van der Waals surface area contributed by atoms with Gasteiger partial charge in [-0.25, -0.2) is 29.0 Å². The molecule has 8 saturated carbocycles. The molecular weight excluding hydrogens is 1370 g/mol. The highest BCUT2D eigenvalue weighted by Gasteiger charge is 2.48. The van der Waals surface area contributed by atoms with Gasteiger partial charge in [0.25, 0.3) is 0 Å². The third-order valence-corrected chi connectivity index (χ3v) is 26.3. The lowest BCUT2D eigenvalue weighted by Crippen LogP contribution is -2.50. The van der Waals surface area contributed by atoms with Crippen LogP contribution in [0, 0.1) is 30.8 Å². The maximum absolute atomic E-state index is 12.6. The number of rotatable bonds is 11. The van der Waals surface area contributed by atoms with Gasteiger partial charge in [-0.05, 0) is 215 Å². The Morgan fingerprint density at radius 1 is 0.520 bits per heavy atom. The zero-order valence-electron chi connectivity index (χ0n) is 59.7. The molecule has 3 aliphatic heterocycles. The molecule has 5 heterocycles. The first kappa shape index (κ1) is 73.8. The number of amides is 3. The van der Waals surface area contributed by atoms with Crippen molar-refractivity contribution >= 4 is 63.6 Å². The molecule has 18 nitrogen and oxygen atoms in total. The summed E-state index contributed by atoms with van der Waals surface area (Å²) in [7, 11) is 0. The SMILES string of the molecule is NC1CCCC12CCCCC2.O=C(NC1CCCC12CCCCC2)OCc1ccccc1.O=C(NC1CCCC12CCN(c1cnc3c(I)nn(C4CCCO4)c3n1)CC2)OCc1ccccc1.O=C(NC1CCCC12CCNCC2)OCc1ccccc1.O=C1CCCC12CCCCC2. The zero-order chi connectivity index (χ0) is 69.1. The molecule has 6 N–H and O–H groups in total. The van der Waals surface area contributed by atoms with Gasteiger partial charge in [-0.2, -0.15) is 5.10 Å². The van der Waals surface area contributed by atoms with Crippen molar-refractivity contribution in [2.75, 3.05) is 37.7 Å². The van der Waals surface area contributed by atoms with Crippen molar-refractivity contribution in [3.05, 3.63) is 118 Å². The van der Waals surface area contributed by atoms with E-state index in [0.29, 0.717) is 53.9 Å². The first-order valence-electron chi connectivity index (χ1n) is 39.0. The molecule has 5 atom stereocenters. The van der Waals surface area contributed by atoms with Crippen molar-refractivity contribution < 1.29 is 38.1 Å². The summed E-state index contributed by atoms with van der Waals surface area (Å²) in [5, 5.41) is 17.5. The van der Waals surface area contributed by atoms with Crippen LogP contribution in [0.2, 0.25) is 0 Å². The normalized spacial score (nSPS) is 25.7. The molecule has 544 valence electrons. The number of nitrogens with zero attached hydrogens (tertiary/aromatic N) is 5. The number of ether oxygens (including phenoxy) is 4. The van der Waals surface area contributed by atoms with Gasteiger partial charge in [-0.3, -0.25) is 4.79 Å². The number of carbonyl (C=O) groups excluding carboxylic acids is 4. The molecule has 5 spiro atoms. The molecule has 3 amide bonds. The maximum atomic E-state index is 12.6. The van der Waals surface area contributed by atoms with E-state index in [1.54, 1.807) is 0 Å². The van der Waals surface area contributed by atoms with E-state index in [1.807, 2.05) is 102 Å². The Labute approximate surface area is 608 Å². The number of aromatic nitrogens is 4. The second kappa shape index (κ2) is 35.5. The number of alkyl carbamates (subject to hydrolysis) is 3. The molecule has 0 bridgehead atoms. The van der Waals surface area contributed by atoms with Gasteiger partial charge >= 0.3 is 18.3 Å². The number of benzene rings is 3. The minimum absolute atomic E-state index is 0.0582. The molecule has 11 fully saturated rings. The van der Waals surface area contributed by atoms with E-state index in [2.05, 4.69) is 53.9 Å². The molecule has 5 aromatic rings. The molecule has 16 rings (SSSR count). The lowest BCUT2D eigenvalue weighted by atomic mass is 9.70. The summed E-state index contributed by atoms with van der Waals surface area (Å²) in [6.07, 6.45) is 45.2. The summed E-state index contributed by atoms with van der Waals surface area (Å²) in [6.45, 7) is 5.67. The minimum atomic E-state index is -0.319. The van der Waals surface area contributed by atoms with Crippen molar-refractivity contribution in [2.45, 2.75) is 281 Å². The first-order chi connectivity index (χ1) is 48.8. The number of ketones is 1. The molecule has 19 heteroatoms. The van der Waals surface area contributed by atoms with Gasteiger partial charge in [0.05, 0.1) is 6.20 Å². The standard InChI is InChI=1S/C26H31IN6O3.C18H25NO2.C17H24N2O2.C10H19N.C10H16O/c27-23-22-24(33(31-23)21-9-5-15-35-21)30-20(16-28-22)32-13-11-26(12-14-32)10-4-8-19(26)29-25(34)36-17-18-6-2-1-3-7-18;20-17(21-14-15-8-3-1-4-9-15)19-16-10-7-13-18(16)11-5-2-6-12-18;20-16(21-13-14-5-2-1-3-6-14)19-15-7-4-8-17(15)9-11-18-12-10-17;2*11-9-5-4-8-10(9)6-2-1-3-7-10/h1-3,6-7,16,19,21H,4-5,8-15,17H2,(H,29,34);1,3-4,8-9,16H,2,5-7,10-14H2,(H,19,20);1-3,5-6,15,18H,4,7-13H2,(H,19,20);9H,1-8,11H2;1-8H2. The number of hydrogen-bond donors (Lipinski definition) is 5. The van der Waals surface area contributed by atoms with Crippen molar-refractivity contribution in [1.29, 1.82) is 0 Å². The van der Waals surface area contributed by atoms with Gasteiger partial charge < -0.3 is 50.8 Å².